The molecule has 2 amide bonds. The van der Waals surface area contributed by atoms with Crippen LogP contribution in [-0.4, -0.2) is 98.0 Å². The van der Waals surface area contributed by atoms with Crippen LogP contribution in [0.2, 0.25) is 0 Å². The Morgan fingerprint density at radius 3 is 2.37 bits per heavy atom. The highest BCUT2D eigenvalue weighted by Crippen LogP contribution is 2.30. The monoisotopic (exact) mass is 803 g/mol. The van der Waals surface area contributed by atoms with Crippen LogP contribution in [0.3, 0.4) is 0 Å². The number of imide groups is 1. The second-order valence-electron chi connectivity index (χ2n) is 16.1. The van der Waals surface area contributed by atoms with E-state index < -0.39 is 11.6 Å². The van der Waals surface area contributed by atoms with Crippen LogP contribution >= 0.6 is 0 Å². The Hall–Kier alpha value is -6.13. The number of nitrogens with one attached hydrogen (secondary N) is 3. The summed E-state index contributed by atoms with van der Waals surface area (Å²) in [5, 5.41) is 19.6. The number of amides is 2. The van der Waals surface area contributed by atoms with Crippen LogP contribution in [0.15, 0.2) is 84.3 Å². The van der Waals surface area contributed by atoms with Gasteiger partial charge in [-0.25, -0.2) is 23.7 Å². The Morgan fingerprint density at radius 2 is 1.68 bits per heavy atom. The summed E-state index contributed by atoms with van der Waals surface area (Å²) in [6, 6.07) is 17.9. The van der Waals surface area contributed by atoms with Gasteiger partial charge in [0.05, 0.1) is 17.9 Å². The van der Waals surface area contributed by atoms with E-state index in [0.29, 0.717) is 52.2 Å². The third kappa shape index (κ3) is 8.69. The van der Waals surface area contributed by atoms with Gasteiger partial charge in [0, 0.05) is 75.5 Å². The van der Waals surface area contributed by atoms with Gasteiger partial charge in [0.15, 0.2) is 11.5 Å². The van der Waals surface area contributed by atoms with E-state index in [2.05, 4.69) is 59.3 Å². The maximum atomic E-state index is 15.2. The van der Waals surface area contributed by atoms with E-state index in [4.69, 9.17) is 4.98 Å². The van der Waals surface area contributed by atoms with Crippen LogP contribution in [0.4, 0.5) is 33.1 Å². The van der Waals surface area contributed by atoms with Crippen molar-refractivity contribution in [2.24, 2.45) is 5.92 Å². The lowest BCUT2D eigenvalue weighted by Gasteiger charge is -2.40. The van der Waals surface area contributed by atoms with Crippen molar-refractivity contribution < 1.29 is 19.1 Å². The molecule has 59 heavy (non-hydrogen) atoms. The van der Waals surface area contributed by atoms with Crippen LogP contribution in [0, 0.1) is 11.7 Å². The SMILES string of the molecule is C=CCn1c(=O)c2cnc(Nc3ccc(N4CCN(CC5CCN(c6ccc(NC7CCC(=O)NC7=O)cc6F)CC5)CC4)cc3)nc2n1-c1cccc(C(C)(C)O)n1. The van der Waals surface area contributed by atoms with E-state index in [-0.39, 0.29) is 36.2 Å². The third-order valence-corrected chi connectivity index (χ3v) is 11.4. The maximum Gasteiger partial charge on any atom is 0.278 e. The van der Waals surface area contributed by atoms with Crippen molar-refractivity contribution in [3.05, 3.63) is 101 Å². The summed E-state index contributed by atoms with van der Waals surface area (Å²) in [5.41, 5.74) is 2.45. The number of benzene rings is 2. The fraction of sp³-hybridized carbons (Fsp3) is 0.395. The Bertz CT molecular complexity index is 2410. The molecule has 15 nitrogen and oxygen atoms in total. The standard InChI is InChI=1S/C43H50FN11O4/c1-4-18-54-41(58)32-26-45-42(50-39(32)55(54)37-7-5-6-36(48-37)43(2,3)59)47-29-8-11-31(12-9-29)52-23-21-51(22-24-52)27-28-16-19-53(20-17-28)35-14-10-30(25-33(35)44)46-34-13-15-38(56)49-40(34)57/h4-12,14,25-26,28,34,46,59H,1,13,15-24,27H2,2-3H3,(H,45,47,50)(H,49,56,57). The number of nitrogens with zero attached hydrogens (tertiary/aromatic N) is 8. The van der Waals surface area contributed by atoms with Crippen molar-refractivity contribution in [1.82, 2.24) is 34.5 Å². The molecule has 3 aliphatic rings. The van der Waals surface area contributed by atoms with Crippen molar-refractivity contribution in [3.8, 4) is 5.82 Å². The molecule has 8 rings (SSSR count). The highest BCUT2D eigenvalue weighted by Gasteiger charge is 2.28. The lowest BCUT2D eigenvalue weighted by atomic mass is 9.95. The first-order valence-corrected chi connectivity index (χ1v) is 20.2. The van der Waals surface area contributed by atoms with Gasteiger partial charge in [-0.15, -0.1) is 6.58 Å². The molecule has 2 aromatic carbocycles. The summed E-state index contributed by atoms with van der Waals surface area (Å²) in [5.74, 6) is 0.343. The Labute approximate surface area is 341 Å². The number of rotatable bonds is 12. The van der Waals surface area contributed by atoms with Crippen molar-refractivity contribution in [3.63, 3.8) is 0 Å². The molecule has 0 saturated carbocycles. The molecule has 3 aromatic heterocycles. The minimum absolute atomic E-state index is 0.233. The van der Waals surface area contributed by atoms with Gasteiger partial charge in [-0.2, -0.15) is 4.98 Å². The molecular formula is C43H50FN11O4. The summed E-state index contributed by atoms with van der Waals surface area (Å²) in [7, 11) is 0. The molecule has 308 valence electrons. The first kappa shape index (κ1) is 39.7. The average Bonchev–Trinajstić information content (AvgIpc) is 3.49. The first-order chi connectivity index (χ1) is 28.4. The van der Waals surface area contributed by atoms with Gasteiger partial charge in [0.1, 0.15) is 22.8 Å². The van der Waals surface area contributed by atoms with Gasteiger partial charge in [0.25, 0.3) is 5.56 Å². The molecule has 6 heterocycles. The molecule has 3 saturated heterocycles. The number of aliphatic hydroxyl groups is 1. The molecule has 0 spiro atoms. The first-order valence-electron chi connectivity index (χ1n) is 20.2. The van der Waals surface area contributed by atoms with E-state index in [1.54, 1.807) is 54.9 Å². The summed E-state index contributed by atoms with van der Waals surface area (Å²) in [6.07, 6.45) is 5.79. The van der Waals surface area contributed by atoms with E-state index in [1.807, 2.05) is 12.1 Å². The van der Waals surface area contributed by atoms with Gasteiger partial charge in [-0.05, 0) is 93.6 Å². The highest BCUT2D eigenvalue weighted by molar-refractivity contribution is 6.01. The average molecular weight is 804 g/mol. The quantitative estimate of drug-likeness (QED) is 0.103. The molecule has 3 fully saturated rings. The summed E-state index contributed by atoms with van der Waals surface area (Å²) in [4.78, 5) is 57.8. The van der Waals surface area contributed by atoms with Gasteiger partial charge < -0.3 is 25.5 Å². The van der Waals surface area contributed by atoms with Crippen LogP contribution in [-0.2, 0) is 21.7 Å². The van der Waals surface area contributed by atoms with Gasteiger partial charge in [-0.3, -0.25) is 24.6 Å². The van der Waals surface area contributed by atoms with Crippen molar-refractivity contribution in [1.29, 1.82) is 0 Å². The van der Waals surface area contributed by atoms with E-state index in [0.717, 1.165) is 70.0 Å². The van der Waals surface area contributed by atoms with Crippen LogP contribution < -0.4 is 31.3 Å². The minimum Gasteiger partial charge on any atom is -0.384 e. The zero-order chi connectivity index (χ0) is 41.3. The molecule has 0 radical (unpaired) electrons. The van der Waals surface area contributed by atoms with Gasteiger partial charge >= 0.3 is 0 Å². The molecule has 1 atom stereocenters. The number of piperazine rings is 1. The number of fused-ring (bicyclic) bond motifs is 1. The fourth-order valence-electron chi connectivity index (χ4n) is 8.17. The fourth-order valence-corrected chi connectivity index (χ4v) is 8.17. The molecular weight excluding hydrogens is 754 g/mol. The molecule has 5 aromatic rings. The molecule has 0 aliphatic carbocycles. The largest absolute Gasteiger partial charge is 0.384 e. The topological polar surface area (TPSA) is 166 Å². The summed E-state index contributed by atoms with van der Waals surface area (Å²) < 4.78 is 18.4. The summed E-state index contributed by atoms with van der Waals surface area (Å²) >= 11 is 0. The second kappa shape index (κ2) is 16.6. The number of hydrogen-bond donors (Lipinski definition) is 4. The number of carbonyl (C=O) groups is 2. The normalized spacial score (nSPS) is 18.3. The lowest BCUT2D eigenvalue weighted by Crippen LogP contribution is -2.49. The number of anilines is 5. The smallest absolute Gasteiger partial charge is 0.278 e. The zero-order valence-corrected chi connectivity index (χ0v) is 33.4. The Morgan fingerprint density at radius 1 is 0.932 bits per heavy atom. The van der Waals surface area contributed by atoms with Crippen LogP contribution in [0.1, 0.15) is 45.2 Å². The van der Waals surface area contributed by atoms with Crippen molar-refractivity contribution >= 4 is 51.5 Å². The van der Waals surface area contributed by atoms with Gasteiger partial charge in [-0.1, -0.05) is 12.1 Å². The number of carbonyl (C=O) groups excluding carboxylic acids is 2. The molecule has 3 aliphatic heterocycles. The van der Waals surface area contributed by atoms with Crippen molar-refractivity contribution in [2.45, 2.75) is 57.7 Å². The molecule has 0 bridgehead atoms. The van der Waals surface area contributed by atoms with E-state index in [1.165, 1.54) is 16.9 Å². The molecule has 4 N–H and O–H groups in total. The van der Waals surface area contributed by atoms with Crippen LogP contribution in [0.25, 0.3) is 16.9 Å². The number of aromatic nitrogens is 5. The predicted molar refractivity (Wildman–Crippen MR) is 226 cm³/mol. The van der Waals surface area contributed by atoms with Gasteiger partial charge in [0.2, 0.25) is 17.8 Å². The minimum atomic E-state index is -1.17. The van der Waals surface area contributed by atoms with Crippen LogP contribution in [0.5, 0.6) is 0 Å². The van der Waals surface area contributed by atoms with Crippen molar-refractivity contribution in [2.75, 3.05) is 66.2 Å². The number of pyridine rings is 1. The maximum absolute atomic E-state index is 15.2. The Kier molecular flexibility index (Phi) is 11.2. The number of hydrogen-bond acceptors (Lipinski definition) is 12. The third-order valence-electron chi connectivity index (χ3n) is 11.4. The number of piperidine rings is 2. The molecule has 1 unspecified atom stereocenters. The van der Waals surface area contributed by atoms with E-state index >= 15 is 4.39 Å². The zero-order valence-electron chi connectivity index (χ0n) is 33.4. The summed E-state index contributed by atoms with van der Waals surface area (Å²) in [6.45, 7) is 13.7. The molecule has 16 heteroatoms. The Balaban J connectivity index is 0.838. The lowest BCUT2D eigenvalue weighted by molar-refractivity contribution is -0.133. The number of halogens is 1. The predicted octanol–water partition coefficient (Wildman–Crippen LogP) is 4.53. The second-order valence-corrected chi connectivity index (χ2v) is 16.1. The number of allylic oxidation sites excluding steroid dienone is 1. The van der Waals surface area contributed by atoms with E-state index in [9.17, 15) is 19.5 Å². The highest BCUT2D eigenvalue weighted by atomic mass is 19.1.